The van der Waals surface area contributed by atoms with Crippen molar-refractivity contribution < 1.29 is 14.0 Å². The van der Waals surface area contributed by atoms with Gasteiger partial charge < -0.3 is 9.22 Å². The Morgan fingerprint density at radius 2 is 1.52 bits per heavy atom. The van der Waals surface area contributed by atoms with Gasteiger partial charge in [-0.25, -0.2) is 4.79 Å². The third-order valence-corrected chi connectivity index (χ3v) is 5.60. The summed E-state index contributed by atoms with van der Waals surface area (Å²) in [6.07, 6.45) is 15.5. The molecule has 0 aromatic carbocycles. The van der Waals surface area contributed by atoms with Crippen LogP contribution < -0.4 is 0 Å². The summed E-state index contributed by atoms with van der Waals surface area (Å²) >= 11 is 2.08. The van der Waals surface area contributed by atoms with Crippen LogP contribution in [0.1, 0.15) is 84.0 Å². The molecule has 1 fully saturated rings. The van der Waals surface area contributed by atoms with Gasteiger partial charge in [-0.05, 0) is 16.3 Å². The van der Waals surface area contributed by atoms with E-state index in [2.05, 4.69) is 39.4 Å². The summed E-state index contributed by atoms with van der Waals surface area (Å²) < 4.78 is 9.22. The van der Waals surface area contributed by atoms with Crippen LogP contribution in [-0.2, 0) is 9.53 Å². The Labute approximate surface area is 169 Å². The molecule has 1 aliphatic rings. The molecule has 0 N–H and O–H groups in total. The predicted octanol–water partition coefficient (Wildman–Crippen LogP) is 5.46. The highest BCUT2D eigenvalue weighted by molar-refractivity contribution is 14.1. The molecule has 1 saturated heterocycles. The van der Waals surface area contributed by atoms with Crippen molar-refractivity contribution in [1.82, 2.24) is 0 Å². The van der Waals surface area contributed by atoms with E-state index in [9.17, 15) is 4.79 Å². The summed E-state index contributed by atoms with van der Waals surface area (Å²) in [7, 11) is 0. The van der Waals surface area contributed by atoms with Crippen LogP contribution in [0.2, 0.25) is 0 Å². The van der Waals surface area contributed by atoms with Crippen molar-refractivity contribution in [2.75, 3.05) is 32.8 Å². The lowest BCUT2D eigenvalue weighted by atomic mass is 10.1. The SMILES string of the molecule is CCCCCCCCCCCCOC(=O)C[N+]1(CC#CI)CCCC1. The Bertz CT molecular complexity index is 408. The zero-order valence-corrected chi connectivity index (χ0v) is 18.3. The molecule has 0 aliphatic carbocycles. The zero-order valence-electron chi connectivity index (χ0n) is 16.2. The number of unbranched alkanes of at least 4 members (excludes halogenated alkanes) is 9. The average molecular weight is 462 g/mol. The molecule has 1 heterocycles. The molecule has 0 atom stereocenters. The second-order valence-corrected chi connectivity index (χ2v) is 8.03. The molecule has 1 rings (SSSR count). The first-order valence-electron chi connectivity index (χ1n) is 10.3. The number of hydrogen-bond donors (Lipinski definition) is 0. The van der Waals surface area contributed by atoms with Crippen LogP contribution in [0.4, 0.5) is 0 Å². The van der Waals surface area contributed by atoms with Gasteiger partial charge >= 0.3 is 5.97 Å². The maximum atomic E-state index is 12.1. The fraction of sp³-hybridized carbons (Fsp3) is 0.857. The number of likely N-dealkylation sites (tertiary alicyclic amines) is 1. The average Bonchev–Trinajstić information content (AvgIpc) is 3.06. The third kappa shape index (κ3) is 11.1. The molecule has 0 aromatic rings. The first-order chi connectivity index (χ1) is 12.2. The van der Waals surface area contributed by atoms with Crippen molar-refractivity contribution in [3.05, 3.63) is 0 Å². The van der Waals surface area contributed by atoms with Crippen LogP contribution in [-0.4, -0.2) is 43.2 Å². The van der Waals surface area contributed by atoms with E-state index in [1.165, 1.54) is 70.6 Å². The Kier molecular flexibility index (Phi) is 13.5. The Balaban J connectivity index is 2.00. The van der Waals surface area contributed by atoms with Gasteiger partial charge in [0.05, 0.1) is 19.7 Å². The molecular formula is C21H37INO2+. The second-order valence-electron chi connectivity index (χ2n) is 7.49. The lowest BCUT2D eigenvalue weighted by molar-refractivity contribution is -0.902. The summed E-state index contributed by atoms with van der Waals surface area (Å²) in [5.41, 5.74) is 0. The maximum Gasteiger partial charge on any atom is 0.361 e. The van der Waals surface area contributed by atoms with Crippen molar-refractivity contribution >= 4 is 28.6 Å². The van der Waals surface area contributed by atoms with Crippen molar-refractivity contribution in [3.8, 4) is 9.85 Å². The molecule has 3 nitrogen and oxygen atoms in total. The summed E-state index contributed by atoms with van der Waals surface area (Å²) in [4.78, 5) is 12.1. The van der Waals surface area contributed by atoms with E-state index in [1.807, 2.05) is 0 Å². The highest BCUT2D eigenvalue weighted by Gasteiger charge is 2.34. The van der Waals surface area contributed by atoms with E-state index >= 15 is 0 Å². The van der Waals surface area contributed by atoms with Crippen molar-refractivity contribution in [3.63, 3.8) is 0 Å². The van der Waals surface area contributed by atoms with Gasteiger partial charge in [-0.1, -0.05) is 64.7 Å². The molecule has 0 bridgehead atoms. The molecule has 0 spiro atoms. The topological polar surface area (TPSA) is 26.3 Å². The molecule has 0 unspecified atom stereocenters. The normalized spacial score (nSPS) is 15.6. The molecule has 0 saturated carbocycles. The summed E-state index contributed by atoms with van der Waals surface area (Å²) in [5.74, 6) is 3.12. The molecule has 144 valence electrons. The summed E-state index contributed by atoms with van der Waals surface area (Å²) in [5, 5.41) is 0. The lowest BCUT2D eigenvalue weighted by Gasteiger charge is -2.30. The van der Waals surface area contributed by atoms with Crippen LogP contribution in [0.3, 0.4) is 0 Å². The minimum atomic E-state index is -0.0342. The van der Waals surface area contributed by atoms with Crippen molar-refractivity contribution in [1.29, 1.82) is 0 Å². The standard InChI is InChI=1S/C21H37INO2/c1-2-3-4-5-6-7-8-9-10-13-19-25-21(24)20-23(18-14-15-22)16-11-12-17-23/h2-13,16-20H2,1H3/q+1. The minimum absolute atomic E-state index is 0.0342. The Morgan fingerprint density at radius 1 is 0.960 bits per heavy atom. The van der Waals surface area contributed by atoms with E-state index in [4.69, 9.17) is 4.74 Å². The van der Waals surface area contributed by atoms with Gasteiger partial charge in [-0.3, -0.25) is 0 Å². The van der Waals surface area contributed by atoms with E-state index < -0.39 is 0 Å². The molecule has 0 aromatic heterocycles. The van der Waals surface area contributed by atoms with Gasteiger partial charge in [0, 0.05) is 35.4 Å². The van der Waals surface area contributed by atoms with Crippen molar-refractivity contribution in [2.45, 2.75) is 84.0 Å². The number of halogens is 1. The van der Waals surface area contributed by atoms with Crippen molar-refractivity contribution in [2.24, 2.45) is 0 Å². The second kappa shape index (κ2) is 14.8. The first kappa shape index (κ1) is 22.8. The van der Waals surface area contributed by atoms with Gasteiger partial charge in [0.1, 0.15) is 6.54 Å². The number of rotatable bonds is 14. The molecular weight excluding hydrogens is 425 g/mol. The van der Waals surface area contributed by atoms with E-state index in [0.717, 1.165) is 30.5 Å². The summed E-state index contributed by atoms with van der Waals surface area (Å²) in [6.45, 7) is 6.28. The Hall–Kier alpha value is -0.280. The number of nitrogens with zero attached hydrogens (tertiary/aromatic N) is 1. The van der Waals surface area contributed by atoms with E-state index in [0.29, 0.717) is 13.2 Å². The monoisotopic (exact) mass is 462 g/mol. The fourth-order valence-electron chi connectivity index (χ4n) is 3.67. The number of hydrogen-bond acceptors (Lipinski definition) is 2. The Morgan fingerprint density at radius 3 is 2.08 bits per heavy atom. The van der Waals surface area contributed by atoms with Crippen LogP contribution in [0, 0.1) is 9.85 Å². The number of quaternary nitrogens is 1. The van der Waals surface area contributed by atoms with Gasteiger partial charge in [0.15, 0.2) is 6.54 Å². The largest absolute Gasteiger partial charge is 0.462 e. The van der Waals surface area contributed by atoms with E-state index in [1.54, 1.807) is 0 Å². The van der Waals surface area contributed by atoms with Gasteiger partial charge in [-0.15, -0.1) is 0 Å². The van der Waals surface area contributed by atoms with Crippen LogP contribution in [0.5, 0.6) is 0 Å². The lowest BCUT2D eigenvalue weighted by Crippen LogP contribution is -2.49. The van der Waals surface area contributed by atoms with Crippen LogP contribution in [0.15, 0.2) is 0 Å². The number of ether oxygens (including phenoxy) is 1. The summed E-state index contributed by atoms with van der Waals surface area (Å²) in [6, 6.07) is 0. The fourth-order valence-corrected chi connectivity index (χ4v) is 3.84. The molecule has 25 heavy (non-hydrogen) atoms. The van der Waals surface area contributed by atoms with E-state index in [-0.39, 0.29) is 5.97 Å². The highest BCUT2D eigenvalue weighted by atomic mass is 127. The first-order valence-corrected chi connectivity index (χ1v) is 11.4. The minimum Gasteiger partial charge on any atom is -0.462 e. The predicted molar refractivity (Wildman–Crippen MR) is 114 cm³/mol. The molecule has 0 amide bonds. The van der Waals surface area contributed by atoms with Gasteiger partial charge in [-0.2, -0.15) is 0 Å². The smallest absolute Gasteiger partial charge is 0.361 e. The van der Waals surface area contributed by atoms with Gasteiger partial charge in [0.25, 0.3) is 0 Å². The number of carbonyl (C=O) groups excluding carboxylic acids is 1. The van der Waals surface area contributed by atoms with Crippen LogP contribution in [0.25, 0.3) is 0 Å². The maximum absolute atomic E-state index is 12.1. The number of esters is 1. The zero-order chi connectivity index (χ0) is 18.2. The highest BCUT2D eigenvalue weighted by Crippen LogP contribution is 2.19. The third-order valence-electron chi connectivity index (χ3n) is 5.22. The van der Waals surface area contributed by atoms with Crippen LogP contribution >= 0.6 is 22.6 Å². The molecule has 0 radical (unpaired) electrons. The van der Waals surface area contributed by atoms with Gasteiger partial charge in [0.2, 0.25) is 0 Å². The number of carbonyl (C=O) groups is 1. The molecule has 1 aliphatic heterocycles. The molecule has 4 heteroatoms. The quantitative estimate of drug-likeness (QED) is 0.113.